The molecule has 0 unspecified atom stereocenters. The van der Waals surface area contributed by atoms with Gasteiger partial charge in [-0.2, -0.15) is 0 Å². The zero-order chi connectivity index (χ0) is 24.5. The van der Waals surface area contributed by atoms with Crippen molar-refractivity contribution in [2.75, 3.05) is 49.8 Å². The van der Waals surface area contributed by atoms with E-state index >= 15 is 0 Å². The minimum atomic E-state index is -0.112. The third-order valence-corrected chi connectivity index (χ3v) is 7.98. The van der Waals surface area contributed by atoms with Crippen molar-refractivity contribution < 1.29 is 9.53 Å². The van der Waals surface area contributed by atoms with Gasteiger partial charge in [0.2, 0.25) is 5.91 Å². The van der Waals surface area contributed by atoms with E-state index in [0.717, 1.165) is 48.4 Å². The van der Waals surface area contributed by atoms with Gasteiger partial charge in [0.05, 0.1) is 40.0 Å². The van der Waals surface area contributed by atoms with Crippen LogP contribution in [0.5, 0.6) is 5.75 Å². The van der Waals surface area contributed by atoms with Crippen molar-refractivity contribution in [3.63, 3.8) is 0 Å². The molecule has 11 heteroatoms. The van der Waals surface area contributed by atoms with E-state index in [1.165, 1.54) is 18.0 Å². The van der Waals surface area contributed by atoms with Crippen molar-refractivity contribution in [2.24, 2.45) is 0 Å². The first-order chi connectivity index (χ1) is 16.9. The van der Waals surface area contributed by atoms with Gasteiger partial charge in [-0.3, -0.25) is 9.59 Å². The van der Waals surface area contributed by atoms with Gasteiger partial charge in [-0.1, -0.05) is 11.6 Å². The first-order valence-electron chi connectivity index (χ1n) is 11.5. The molecule has 0 saturated carbocycles. The SMILES string of the molecule is COc1ccc2ncc(=O)n(CCN3CCC(N(C)c4nc5c(cc4Cl)SCC(=O)N5)CC3)c2c1. The number of piperidine rings is 1. The molecule has 0 radical (unpaired) electrons. The molecule has 184 valence electrons. The number of carbonyl (C=O) groups is 1. The van der Waals surface area contributed by atoms with Crippen LogP contribution in [0.2, 0.25) is 5.02 Å². The second-order valence-electron chi connectivity index (χ2n) is 8.76. The number of nitrogens with one attached hydrogen (secondary N) is 1. The van der Waals surface area contributed by atoms with Gasteiger partial charge in [0.25, 0.3) is 5.56 Å². The molecule has 0 aliphatic carbocycles. The van der Waals surface area contributed by atoms with E-state index in [2.05, 4.69) is 25.1 Å². The molecule has 1 fully saturated rings. The summed E-state index contributed by atoms with van der Waals surface area (Å²) in [4.78, 5) is 38.6. The Morgan fingerprint density at radius 2 is 2.03 bits per heavy atom. The number of methoxy groups -OCH3 is 1. The first-order valence-corrected chi connectivity index (χ1v) is 12.9. The molecule has 1 N–H and O–H groups in total. The van der Waals surface area contributed by atoms with Crippen molar-refractivity contribution in [3.05, 3.63) is 45.8 Å². The summed E-state index contributed by atoms with van der Waals surface area (Å²) in [6, 6.07) is 7.76. The van der Waals surface area contributed by atoms with E-state index in [1.807, 2.05) is 31.3 Å². The average Bonchev–Trinajstić information content (AvgIpc) is 2.87. The van der Waals surface area contributed by atoms with Gasteiger partial charge >= 0.3 is 0 Å². The highest BCUT2D eigenvalue weighted by Crippen LogP contribution is 2.37. The number of ether oxygens (including phenoxy) is 1. The summed E-state index contributed by atoms with van der Waals surface area (Å²) in [6.45, 7) is 3.17. The number of thioether (sulfide) groups is 1. The minimum Gasteiger partial charge on any atom is -0.497 e. The summed E-state index contributed by atoms with van der Waals surface area (Å²) in [7, 11) is 3.62. The highest BCUT2D eigenvalue weighted by molar-refractivity contribution is 8.00. The van der Waals surface area contributed by atoms with Crippen LogP contribution in [0.3, 0.4) is 0 Å². The van der Waals surface area contributed by atoms with Crippen molar-refractivity contribution in [2.45, 2.75) is 30.3 Å². The molecule has 2 aliphatic rings. The maximum absolute atomic E-state index is 12.5. The minimum absolute atomic E-state index is 0.0428. The molecule has 2 aromatic heterocycles. The fourth-order valence-electron chi connectivity index (χ4n) is 4.66. The van der Waals surface area contributed by atoms with E-state index in [0.29, 0.717) is 34.7 Å². The molecular weight excluding hydrogens is 488 g/mol. The number of benzene rings is 1. The summed E-state index contributed by atoms with van der Waals surface area (Å²) in [5.74, 6) is 2.32. The van der Waals surface area contributed by atoms with Gasteiger partial charge in [0, 0.05) is 45.3 Å². The number of pyridine rings is 1. The Morgan fingerprint density at radius 1 is 1.23 bits per heavy atom. The molecule has 0 spiro atoms. The molecule has 3 aromatic rings. The molecule has 5 rings (SSSR count). The number of hydrogen-bond acceptors (Lipinski definition) is 8. The van der Waals surface area contributed by atoms with E-state index in [1.54, 1.807) is 11.7 Å². The normalized spacial score (nSPS) is 16.7. The molecule has 0 atom stereocenters. The second kappa shape index (κ2) is 10.0. The Bertz CT molecular complexity index is 1320. The third kappa shape index (κ3) is 4.96. The second-order valence-corrected chi connectivity index (χ2v) is 10.2. The number of halogens is 1. The number of fused-ring (bicyclic) bond motifs is 2. The van der Waals surface area contributed by atoms with Crippen molar-refractivity contribution in [3.8, 4) is 5.75 Å². The first kappa shape index (κ1) is 23.9. The maximum Gasteiger partial charge on any atom is 0.269 e. The zero-order valence-corrected chi connectivity index (χ0v) is 21.2. The van der Waals surface area contributed by atoms with E-state index in [4.69, 9.17) is 16.3 Å². The monoisotopic (exact) mass is 514 g/mol. The highest BCUT2D eigenvalue weighted by Gasteiger charge is 2.27. The standard InChI is InChI=1S/C24H27ClN6O3S/c1-29(24-17(25)12-20-23(28-24)27-21(32)14-35-20)15-5-7-30(8-6-15)9-10-31-19-11-16(34-2)3-4-18(19)26-13-22(31)33/h3-4,11-13,15H,5-10,14H2,1-2H3,(H,27,28,32). The number of hydrogen-bond donors (Lipinski definition) is 1. The number of amides is 1. The number of nitrogens with zero attached hydrogens (tertiary/aromatic N) is 5. The lowest BCUT2D eigenvalue weighted by molar-refractivity contribution is -0.113. The van der Waals surface area contributed by atoms with Gasteiger partial charge in [0.15, 0.2) is 0 Å². The van der Waals surface area contributed by atoms with Crippen LogP contribution in [0.25, 0.3) is 11.0 Å². The third-order valence-electron chi connectivity index (χ3n) is 6.67. The fraction of sp³-hybridized carbons (Fsp3) is 0.417. The van der Waals surface area contributed by atoms with Crippen LogP contribution >= 0.6 is 23.4 Å². The van der Waals surface area contributed by atoms with E-state index in [-0.39, 0.29) is 17.5 Å². The van der Waals surface area contributed by atoms with Crippen molar-refractivity contribution >= 4 is 51.9 Å². The Morgan fingerprint density at radius 3 is 2.80 bits per heavy atom. The summed E-state index contributed by atoms with van der Waals surface area (Å²) < 4.78 is 7.10. The number of rotatable bonds is 6. The van der Waals surface area contributed by atoms with Gasteiger partial charge in [-0.05, 0) is 31.0 Å². The average molecular weight is 515 g/mol. The zero-order valence-electron chi connectivity index (χ0n) is 19.7. The molecular formula is C24H27ClN6O3S. The quantitative estimate of drug-likeness (QED) is 0.536. The fourth-order valence-corrected chi connectivity index (χ4v) is 5.81. The van der Waals surface area contributed by atoms with Gasteiger partial charge in [0.1, 0.15) is 17.4 Å². The molecule has 1 aromatic carbocycles. The molecule has 2 aliphatic heterocycles. The molecule has 0 bridgehead atoms. The van der Waals surface area contributed by atoms with Crippen LogP contribution in [0.1, 0.15) is 12.8 Å². The number of aromatic nitrogens is 3. The summed E-state index contributed by atoms with van der Waals surface area (Å²) in [5, 5.41) is 3.44. The van der Waals surface area contributed by atoms with E-state index in [9.17, 15) is 9.59 Å². The molecule has 1 amide bonds. The lowest BCUT2D eigenvalue weighted by Crippen LogP contribution is -2.45. The van der Waals surface area contributed by atoms with Crippen LogP contribution in [-0.2, 0) is 11.3 Å². The van der Waals surface area contributed by atoms with Gasteiger partial charge in [-0.15, -0.1) is 11.8 Å². The molecule has 9 nitrogen and oxygen atoms in total. The van der Waals surface area contributed by atoms with Crippen LogP contribution in [0.15, 0.2) is 40.2 Å². The van der Waals surface area contributed by atoms with Gasteiger partial charge in [-0.25, -0.2) is 9.97 Å². The number of likely N-dealkylation sites (tertiary alicyclic amines) is 1. The van der Waals surface area contributed by atoms with E-state index < -0.39 is 0 Å². The lowest BCUT2D eigenvalue weighted by atomic mass is 10.0. The Hall–Kier alpha value is -2.82. The maximum atomic E-state index is 12.5. The van der Waals surface area contributed by atoms with Crippen LogP contribution in [-0.4, -0.2) is 70.9 Å². The Labute approximate surface area is 212 Å². The predicted octanol–water partition coefficient (Wildman–Crippen LogP) is 3.10. The molecule has 4 heterocycles. The van der Waals surface area contributed by atoms with Crippen LogP contribution < -0.4 is 20.5 Å². The summed E-state index contributed by atoms with van der Waals surface area (Å²) in [5.41, 5.74) is 1.44. The Balaban J connectivity index is 1.23. The summed E-state index contributed by atoms with van der Waals surface area (Å²) in [6.07, 6.45) is 3.28. The summed E-state index contributed by atoms with van der Waals surface area (Å²) >= 11 is 8.01. The largest absolute Gasteiger partial charge is 0.497 e. The van der Waals surface area contributed by atoms with Crippen LogP contribution in [0.4, 0.5) is 11.6 Å². The predicted molar refractivity (Wildman–Crippen MR) is 139 cm³/mol. The smallest absolute Gasteiger partial charge is 0.269 e. The topological polar surface area (TPSA) is 92.6 Å². The highest BCUT2D eigenvalue weighted by atomic mass is 35.5. The lowest BCUT2D eigenvalue weighted by Gasteiger charge is -2.38. The van der Waals surface area contributed by atoms with Crippen molar-refractivity contribution in [1.82, 2.24) is 19.4 Å². The van der Waals surface area contributed by atoms with Crippen LogP contribution in [0, 0.1) is 0 Å². The number of anilines is 2. The Kier molecular flexibility index (Phi) is 6.86. The van der Waals surface area contributed by atoms with Gasteiger partial charge < -0.3 is 24.4 Å². The molecule has 35 heavy (non-hydrogen) atoms. The number of carbonyl (C=O) groups excluding carboxylic acids is 1. The van der Waals surface area contributed by atoms with Crippen molar-refractivity contribution in [1.29, 1.82) is 0 Å². The molecule has 1 saturated heterocycles.